The van der Waals surface area contributed by atoms with Gasteiger partial charge in [-0.3, -0.25) is 4.90 Å². The van der Waals surface area contributed by atoms with E-state index in [2.05, 4.69) is 10.2 Å². The van der Waals surface area contributed by atoms with Crippen molar-refractivity contribution < 1.29 is 0 Å². The molecule has 0 bridgehead atoms. The maximum absolute atomic E-state index is 5.94. The molecular weight excluding hydrogens is 204 g/mol. The molecule has 6 nitrogen and oxygen atoms in total. The highest BCUT2D eigenvalue weighted by Gasteiger charge is 2.08. The van der Waals surface area contributed by atoms with Gasteiger partial charge >= 0.3 is 0 Å². The first kappa shape index (κ1) is 15.8. The van der Waals surface area contributed by atoms with Crippen LogP contribution in [0.2, 0.25) is 0 Å². The van der Waals surface area contributed by atoms with Crippen molar-refractivity contribution in [2.75, 3.05) is 52.4 Å². The van der Waals surface area contributed by atoms with Gasteiger partial charge in [0.2, 0.25) is 0 Å². The van der Waals surface area contributed by atoms with Crippen molar-refractivity contribution in [1.29, 1.82) is 0 Å². The molecule has 0 aliphatic heterocycles. The Hall–Kier alpha value is -0.240. The van der Waals surface area contributed by atoms with E-state index in [1.165, 1.54) is 0 Å². The quantitative estimate of drug-likeness (QED) is 0.251. The largest absolute Gasteiger partial charge is 0.330 e. The molecule has 0 aromatic rings. The SMILES string of the molecule is NCCNCCN(CCN)CC(N)CCN. The minimum Gasteiger partial charge on any atom is -0.330 e. The first-order valence-electron chi connectivity index (χ1n) is 6.03. The van der Waals surface area contributed by atoms with Crippen LogP contribution in [0.5, 0.6) is 0 Å². The molecule has 9 N–H and O–H groups in total. The molecule has 0 aromatic carbocycles. The molecule has 0 saturated carbocycles. The van der Waals surface area contributed by atoms with Gasteiger partial charge in [-0.15, -0.1) is 0 Å². The van der Waals surface area contributed by atoms with Crippen molar-refractivity contribution in [1.82, 2.24) is 10.2 Å². The molecule has 0 aliphatic carbocycles. The average molecular weight is 232 g/mol. The van der Waals surface area contributed by atoms with Crippen LogP contribution < -0.4 is 28.3 Å². The first-order chi connectivity index (χ1) is 7.74. The van der Waals surface area contributed by atoms with E-state index in [-0.39, 0.29) is 6.04 Å². The lowest BCUT2D eigenvalue weighted by Gasteiger charge is -2.25. The molecule has 0 rings (SSSR count). The number of hydrogen-bond acceptors (Lipinski definition) is 6. The zero-order chi connectivity index (χ0) is 12.2. The molecule has 16 heavy (non-hydrogen) atoms. The van der Waals surface area contributed by atoms with Gasteiger partial charge in [0.25, 0.3) is 0 Å². The van der Waals surface area contributed by atoms with Gasteiger partial charge in [-0.25, -0.2) is 0 Å². The number of rotatable bonds is 11. The molecule has 0 fully saturated rings. The first-order valence-corrected chi connectivity index (χ1v) is 6.03. The Kier molecular flexibility index (Phi) is 11.1. The van der Waals surface area contributed by atoms with Crippen LogP contribution in [0.3, 0.4) is 0 Å². The van der Waals surface area contributed by atoms with E-state index in [0.717, 1.165) is 39.1 Å². The van der Waals surface area contributed by atoms with E-state index >= 15 is 0 Å². The maximum atomic E-state index is 5.94. The number of nitrogens with zero attached hydrogens (tertiary/aromatic N) is 1. The minimum atomic E-state index is 0.144. The number of hydrogen-bond donors (Lipinski definition) is 5. The molecule has 0 aromatic heterocycles. The number of nitrogens with one attached hydrogen (secondary N) is 1. The van der Waals surface area contributed by atoms with Crippen molar-refractivity contribution in [3.05, 3.63) is 0 Å². The van der Waals surface area contributed by atoms with Crippen LogP contribution in [0.4, 0.5) is 0 Å². The van der Waals surface area contributed by atoms with Gasteiger partial charge in [0, 0.05) is 51.9 Å². The summed E-state index contributed by atoms with van der Waals surface area (Å²) in [6, 6.07) is 0.144. The summed E-state index contributed by atoms with van der Waals surface area (Å²) in [6.07, 6.45) is 0.858. The summed E-state index contributed by atoms with van der Waals surface area (Å²) in [4.78, 5) is 2.27. The van der Waals surface area contributed by atoms with Gasteiger partial charge in [0.15, 0.2) is 0 Å². The zero-order valence-corrected chi connectivity index (χ0v) is 10.2. The topological polar surface area (TPSA) is 119 Å². The molecule has 0 amide bonds. The van der Waals surface area contributed by atoms with E-state index in [9.17, 15) is 0 Å². The van der Waals surface area contributed by atoms with Gasteiger partial charge in [-0.2, -0.15) is 0 Å². The third-order valence-corrected chi connectivity index (χ3v) is 2.40. The zero-order valence-electron chi connectivity index (χ0n) is 10.2. The molecular formula is C10H28N6. The van der Waals surface area contributed by atoms with Gasteiger partial charge in [0.1, 0.15) is 0 Å². The Morgan fingerprint density at radius 2 is 1.69 bits per heavy atom. The van der Waals surface area contributed by atoms with Crippen molar-refractivity contribution in [2.45, 2.75) is 12.5 Å². The third kappa shape index (κ3) is 9.02. The average Bonchev–Trinajstić information content (AvgIpc) is 2.25. The van der Waals surface area contributed by atoms with Crippen LogP contribution in [-0.2, 0) is 0 Å². The van der Waals surface area contributed by atoms with Crippen molar-refractivity contribution >= 4 is 0 Å². The summed E-state index contributed by atoms with van der Waals surface area (Å²) in [5, 5.41) is 3.26. The summed E-state index contributed by atoms with van der Waals surface area (Å²) in [6.45, 7) is 6.44. The molecule has 0 radical (unpaired) electrons. The highest BCUT2D eigenvalue weighted by atomic mass is 15.2. The molecule has 0 spiro atoms. The summed E-state index contributed by atoms with van der Waals surface area (Å²) >= 11 is 0. The smallest absolute Gasteiger partial charge is 0.0179 e. The maximum Gasteiger partial charge on any atom is 0.0179 e. The summed E-state index contributed by atoms with van der Waals surface area (Å²) in [5.74, 6) is 0. The Bertz CT molecular complexity index is 143. The lowest BCUT2D eigenvalue weighted by molar-refractivity contribution is 0.260. The standard InChI is InChI=1S/C10H28N6/c11-2-1-10(14)9-16(7-4-13)8-6-15-5-3-12/h10,15H,1-9,11-14H2. The number of nitrogens with two attached hydrogens (primary N) is 4. The predicted octanol–water partition coefficient (Wildman–Crippen LogP) is -2.53. The van der Waals surface area contributed by atoms with Crippen molar-refractivity contribution in [2.24, 2.45) is 22.9 Å². The molecule has 0 heterocycles. The van der Waals surface area contributed by atoms with Gasteiger partial charge in [0.05, 0.1) is 0 Å². The second-order valence-corrected chi connectivity index (χ2v) is 3.97. The second-order valence-electron chi connectivity index (χ2n) is 3.97. The summed E-state index contributed by atoms with van der Waals surface area (Å²) in [5.41, 5.74) is 22.4. The van der Waals surface area contributed by atoms with Crippen LogP contribution in [-0.4, -0.2) is 63.3 Å². The van der Waals surface area contributed by atoms with Crippen LogP contribution in [0.1, 0.15) is 6.42 Å². The predicted molar refractivity (Wildman–Crippen MR) is 69.1 cm³/mol. The fraction of sp³-hybridized carbons (Fsp3) is 1.00. The van der Waals surface area contributed by atoms with Crippen LogP contribution in [0.25, 0.3) is 0 Å². The fourth-order valence-corrected chi connectivity index (χ4v) is 1.58. The van der Waals surface area contributed by atoms with Gasteiger partial charge in [-0.05, 0) is 13.0 Å². The highest BCUT2D eigenvalue weighted by molar-refractivity contribution is 4.70. The van der Waals surface area contributed by atoms with Gasteiger partial charge < -0.3 is 28.3 Å². The Morgan fingerprint density at radius 3 is 2.25 bits per heavy atom. The van der Waals surface area contributed by atoms with E-state index in [4.69, 9.17) is 22.9 Å². The Labute approximate surface area is 98.7 Å². The van der Waals surface area contributed by atoms with Crippen LogP contribution >= 0.6 is 0 Å². The Morgan fingerprint density at radius 1 is 0.938 bits per heavy atom. The van der Waals surface area contributed by atoms with Crippen molar-refractivity contribution in [3.8, 4) is 0 Å². The molecule has 98 valence electrons. The minimum absolute atomic E-state index is 0.144. The normalized spacial score (nSPS) is 13.3. The lowest BCUT2D eigenvalue weighted by atomic mass is 10.2. The molecule has 0 saturated heterocycles. The van der Waals surface area contributed by atoms with E-state index in [0.29, 0.717) is 19.6 Å². The molecule has 1 atom stereocenters. The molecule has 1 unspecified atom stereocenters. The van der Waals surface area contributed by atoms with Gasteiger partial charge in [-0.1, -0.05) is 0 Å². The molecule has 6 heteroatoms. The summed E-state index contributed by atoms with van der Waals surface area (Å²) in [7, 11) is 0. The van der Waals surface area contributed by atoms with Crippen molar-refractivity contribution in [3.63, 3.8) is 0 Å². The lowest BCUT2D eigenvalue weighted by Crippen LogP contribution is -2.44. The Balaban J connectivity index is 3.68. The van der Waals surface area contributed by atoms with Crippen LogP contribution in [0.15, 0.2) is 0 Å². The summed E-state index contributed by atoms with van der Waals surface area (Å²) < 4.78 is 0. The second kappa shape index (κ2) is 11.3. The third-order valence-electron chi connectivity index (χ3n) is 2.40. The van der Waals surface area contributed by atoms with Crippen LogP contribution in [0, 0.1) is 0 Å². The monoisotopic (exact) mass is 232 g/mol. The van der Waals surface area contributed by atoms with E-state index in [1.807, 2.05) is 0 Å². The van der Waals surface area contributed by atoms with E-state index in [1.54, 1.807) is 0 Å². The highest BCUT2D eigenvalue weighted by Crippen LogP contribution is 1.92. The molecule has 0 aliphatic rings. The fourth-order valence-electron chi connectivity index (χ4n) is 1.58. The van der Waals surface area contributed by atoms with E-state index < -0.39 is 0 Å².